The molecule has 0 aromatic heterocycles. The molecule has 19 heteroatoms. The van der Waals surface area contributed by atoms with Gasteiger partial charge in [-0.1, -0.05) is 363 Å². The van der Waals surface area contributed by atoms with Crippen LogP contribution in [0.5, 0.6) is 0 Å². The zero-order valence-electron chi connectivity index (χ0n) is 65.0. The first-order valence-electron chi connectivity index (χ1n) is 41.3. The maximum Gasteiger partial charge on any atom is 0.472 e. The third-order valence-corrected chi connectivity index (χ3v) is 20.5. The summed E-state index contributed by atoms with van der Waals surface area (Å²) in [5.74, 6) is 0.123. The Morgan fingerprint density at radius 1 is 0.273 bits per heavy atom. The monoisotopic (exact) mass is 1450 g/mol. The van der Waals surface area contributed by atoms with Gasteiger partial charge in [0.2, 0.25) is 0 Å². The molecule has 0 aliphatic rings. The molecule has 0 spiro atoms. The van der Waals surface area contributed by atoms with Crippen LogP contribution in [0.4, 0.5) is 0 Å². The van der Waals surface area contributed by atoms with Crippen molar-refractivity contribution in [3.05, 3.63) is 0 Å². The van der Waals surface area contributed by atoms with Gasteiger partial charge in [-0.25, -0.2) is 9.13 Å². The number of hydrogen-bond donors (Lipinski definition) is 3. The zero-order chi connectivity index (χ0) is 73.0. The van der Waals surface area contributed by atoms with Crippen molar-refractivity contribution in [1.82, 2.24) is 0 Å². The molecule has 17 nitrogen and oxygen atoms in total. The Bertz CT molecular complexity index is 1920. The largest absolute Gasteiger partial charge is 0.472 e. The van der Waals surface area contributed by atoms with Gasteiger partial charge in [0.25, 0.3) is 0 Å². The summed E-state index contributed by atoms with van der Waals surface area (Å²) in [5, 5.41) is 10.6. The predicted molar refractivity (Wildman–Crippen MR) is 405 cm³/mol. The van der Waals surface area contributed by atoms with Crippen LogP contribution in [0.15, 0.2) is 0 Å². The Hall–Kier alpha value is -1.94. The summed E-state index contributed by atoms with van der Waals surface area (Å²) in [6, 6.07) is 0. The van der Waals surface area contributed by atoms with Crippen LogP contribution in [-0.4, -0.2) is 96.7 Å². The minimum atomic E-state index is -4.96. The molecule has 0 rings (SSSR count). The summed E-state index contributed by atoms with van der Waals surface area (Å²) in [7, 11) is -9.92. The van der Waals surface area contributed by atoms with Crippen LogP contribution in [-0.2, 0) is 65.4 Å². The van der Waals surface area contributed by atoms with E-state index in [2.05, 4.69) is 48.5 Å². The number of phosphoric ester groups is 2. The summed E-state index contributed by atoms with van der Waals surface area (Å²) in [6.07, 6.45) is 58.5. The first-order chi connectivity index (χ1) is 47.7. The molecule has 0 aromatic rings. The number of rotatable bonds is 78. The summed E-state index contributed by atoms with van der Waals surface area (Å²) in [4.78, 5) is 72.9. The number of esters is 4. The summed E-state index contributed by atoms with van der Waals surface area (Å²) >= 11 is 0. The first-order valence-corrected chi connectivity index (χ1v) is 44.3. The van der Waals surface area contributed by atoms with Crippen molar-refractivity contribution < 1.29 is 80.2 Å². The van der Waals surface area contributed by atoms with Gasteiger partial charge in [-0.15, -0.1) is 0 Å². The molecule has 0 saturated carbocycles. The van der Waals surface area contributed by atoms with Crippen LogP contribution in [0.3, 0.4) is 0 Å². The summed E-state index contributed by atoms with van der Waals surface area (Å²) in [5.41, 5.74) is 0. The van der Waals surface area contributed by atoms with E-state index in [0.717, 1.165) is 108 Å². The second-order valence-corrected chi connectivity index (χ2v) is 33.1. The van der Waals surface area contributed by atoms with Crippen LogP contribution in [0.25, 0.3) is 0 Å². The second kappa shape index (κ2) is 70.4. The van der Waals surface area contributed by atoms with E-state index in [1.165, 1.54) is 218 Å². The lowest BCUT2D eigenvalue weighted by Crippen LogP contribution is -2.30. The lowest BCUT2D eigenvalue weighted by atomic mass is 10.0. The summed E-state index contributed by atoms with van der Waals surface area (Å²) < 4.78 is 68.6. The smallest absolute Gasteiger partial charge is 0.462 e. The van der Waals surface area contributed by atoms with E-state index in [4.69, 9.17) is 37.0 Å². The molecular formula is C80H156O17P2. The number of aliphatic hydroxyl groups is 1. The molecule has 2 unspecified atom stereocenters. The SMILES string of the molecule is CCCCCCCCCCCCCCCCCCCCCC(=O)O[C@H](COC(=O)CCCCCCCCCCCCCCCCCC(C)C)COP(=O)(O)OC[C@@H](O)COP(=O)(O)OC[C@@H](COC(=O)CCCCCCCCC(C)C)OC(=O)CCCCCCCCCCCCC(C)C. The predicted octanol–water partition coefficient (Wildman–Crippen LogP) is 23.7. The molecule has 0 fully saturated rings. The van der Waals surface area contributed by atoms with Gasteiger partial charge in [-0.05, 0) is 43.4 Å². The van der Waals surface area contributed by atoms with Crippen LogP contribution in [0.2, 0.25) is 0 Å². The first kappa shape index (κ1) is 97.1. The molecule has 0 heterocycles. The molecule has 3 N–H and O–H groups in total. The maximum absolute atomic E-state index is 13.1. The van der Waals surface area contributed by atoms with Crippen molar-refractivity contribution in [3.8, 4) is 0 Å². The van der Waals surface area contributed by atoms with Crippen molar-refractivity contribution in [1.29, 1.82) is 0 Å². The van der Waals surface area contributed by atoms with Crippen molar-refractivity contribution >= 4 is 39.5 Å². The van der Waals surface area contributed by atoms with Gasteiger partial charge in [0, 0.05) is 25.7 Å². The van der Waals surface area contributed by atoms with Crippen LogP contribution in [0.1, 0.15) is 414 Å². The van der Waals surface area contributed by atoms with E-state index >= 15 is 0 Å². The van der Waals surface area contributed by atoms with E-state index < -0.39 is 97.5 Å². The van der Waals surface area contributed by atoms with Gasteiger partial charge in [-0.2, -0.15) is 0 Å². The third-order valence-electron chi connectivity index (χ3n) is 18.6. The average molecular weight is 1450 g/mol. The van der Waals surface area contributed by atoms with E-state index in [9.17, 15) is 43.2 Å². The molecular weight excluding hydrogens is 1290 g/mol. The fraction of sp³-hybridized carbons (Fsp3) is 0.950. The highest BCUT2D eigenvalue weighted by atomic mass is 31.2. The van der Waals surface area contributed by atoms with Gasteiger partial charge in [0.05, 0.1) is 26.4 Å². The van der Waals surface area contributed by atoms with E-state index in [1.807, 2.05) is 0 Å². The Kier molecular flexibility index (Phi) is 69.0. The van der Waals surface area contributed by atoms with Crippen LogP contribution < -0.4 is 0 Å². The van der Waals surface area contributed by atoms with E-state index in [1.54, 1.807) is 0 Å². The number of phosphoric acid groups is 2. The van der Waals surface area contributed by atoms with Gasteiger partial charge >= 0.3 is 39.5 Å². The number of carbonyl (C=O) groups excluding carboxylic acids is 4. The third kappa shape index (κ3) is 74.1. The molecule has 0 aromatic carbocycles. The molecule has 0 aliphatic heterocycles. The lowest BCUT2D eigenvalue weighted by Gasteiger charge is -2.21. The number of carbonyl (C=O) groups is 4. The normalized spacial score (nSPS) is 14.0. The Labute approximate surface area is 607 Å². The fourth-order valence-electron chi connectivity index (χ4n) is 12.3. The molecule has 0 radical (unpaired) electrons. The number of unbranched alkanes of at least 4 members (excludes halogenated alkanes) is 46. The maximum atomic E-state index is 13.1. The van der Waals surface area contributed by atoms with Crippen LogP contribution in [0, 0.1) is 17.8 Å². The van der Waals surface area contributed by atoms with Gasteiger partial charge in [0.15, 0.2) is 12.2 Å². The molecule has 0 bridgehead atoms. The standard InChI is InChI=1S/C80H156O17P2/c1-8-9-10-11-12-13-14-15-16-17-18-19-22-26-29-35-40-49-56-63-79(84)96-75(67-90-77(82)61-54-47-39-34-28-25-23-20-21-24-27-32-37-44-51-58-71(2)3)69-94-98(86,87)92-65-74(81)66-93-99(88,89)95-70-76(68-91-78(83)62-55-48-43-42-46-53-60-73(6)7)97-80(85)64-57-50-41-36-31-30-33-38-45-52-59-72(4)5/h71-76,81H,8-70H2,1-7H3,(H,86,87)(H,88,89)/t74-,75-,76-/m1/s1. The highest BCUT2D eigenvalue weighted by molar-refractivity contribution is 7.47. The molecule has 0 amide bonds. The number of ether oxygens (including phenoxy) is 4. The summed E-state index contributed by atoms with van der Waals surface area (Å²) in [6.45, 7) is 11.9. The van der Waals surface area contributed by atoms with E-state index in [0.29, 0.717) is 31.6 Å². The molecule has 0 saturated heterocycles. The topological polar surface area (TPSA) is 237 Å². The quantitative estimate of drug-likeness (QED) is 0.0222. The van der Waals surface area contributed by atoms with Crippen LogP contribution >= 0.6 is 15.6 Å². The van der Waals surface area contributed by atoms with Crippen molar-refractivity contribution in [2.45, 2.75) is 433 Å². The lowest BCUT2D eigenvalue weighted by molar-refractivity contribution is -0.161. The molecule has 0 aliphatic carbocycles. The number of hydrogen-bond acceptors (Lipinski definition) is 15. The molecule has 5 atom stereocenters. The highest BCUT2D eigenvalue weighted by Gasteiger charge is 2.30. The Balaban J connectivity index is 5.22. The van der Waals surface area contributed by atoms with Gasteiger partial charge in [0.1, 0.15) is 19.3 Å². The minimum absolute atomic E-state index is 0.105. The van der Waals surface area contributed by atoms with Gasteiger partial charge < -0.3 is 33.8 Å². The Morgan fingerprint density at radius 2 is 0.465 bits per heavy atom. The van der Waals surface area contributed by atoms with Crippen molar-refractivity contribution in [2.24, 2.45) is 17.8 Å². The fourth-order valence-corrected chi connectivity index (χ4v) is 13.9. The average Bonchev–Trinajstić information content (AvgIpc) is 1.65. The molecule has 588 valence electrons. The van der Waals surface area contributed by atoms with Crippen molar-refractivity contribution in [3.63, 3.8) is 0 Å². The molecule has 99 heavy (non-hydrogen) atoms. The zero-order valence-corrected chi connectivity index (χ0v) is 66.8. The van der Waals surface area contributed by atoms with Gasteiger partial charge in [-0.3, -0.25) is 37.3 Å². The minimum Gasteiger partial charge on any atom is -0.462 e. The van der Waals surface area contributed by atoms with E-state index in [-0.39, 0.29) is 25.7 Å². The van der Waals surface area contributed by atoms with Crippen molar-refractivity contribution in [2.75, 3.05) is 39.6 Å². The number of aliphatic hydroxyl groups excluding tert-OH is 1. The Morgan fingerprint density at radius 3 is 0.687 bits per heavy atom. The highest BCUT2D eigenvalue weighted by Crippen LogP contribution is 2.45. The second-order valence-electron chi connectivity index (χ2n) is 30.2.